The molecule has 132 valence electrons. The van der Waals surface area contributed by atoms with Gasteiger partial charge in [0.05, 0.1) is 12.5 Å². The van der Waals surface area contributed by atoms with Crippen LogP contribution in [0.25, 0.3) is 0 Å². The van der Waals surface area contributed by atoms with Crippen LogP contribution in [0.15, 0.2) is 42.5 Å². The van der Waals surface area contributed by atoms with E-state index >= 15 is 0 Å². The Kier molecular flexibility index (Phi) is 9.27. The first kappa shape index (κ1) is 19.7. The highest BCUT2D eigenvalue weighted by atomic mass is 16.5. The average molecular weight is 333 g/mol. The summed E-state index contributed by atoms with van der Waals surface area (Å²) in [5.74, 6) is 0.173. The Bertz CT molecular complexity index is 527. The molecule has 1 aromatic carbocycles. The van der Waals surface area contributed by atoms with Gasteiger partial charge in [-0.2, -0.15) is 0 Å². The molecular formula is C19H27NO4. The second-order valence-corrected chi connectivity index (χ2v) is 5.29. The molecule has 1 aliphatic rings. The summed E-state index contributed by atoms with van der Waals surface area (Å²) >= 11 is 0. The zero-order chi connectivity index (χ0) is 17.8. The lowest BCUT2D eigenvalue weighted by Crippen LogP contribution is -2.55. The number of unbranched alkanes of at least 4 members (excludes halogenated alkanes) is 1. The lowest BCUT2D eigenvalue weighted by molar-refractivity contribution is -0.146. The van der Waals surface area contributed by atoms with E-state index in [-0.39, 0.29) is 18.4 Å². The molecule has 1 saturated heterocycles. The van der Waals surface area contributed by atoms with Gasteiger partial charge in [-0.25, -0.2) is 0 Å². The fraction of sp³-hybridized carbons (Fsp3) is 0.474. The predicted molar refractivity (Wildman–Crippen MR) is 94.0 cm³/mol. The van der Waals surface area contributed by atoms with Crippen LogP contribution in [0.4, 0.5) is 0 Å². The minimum atomic E-state index is -0.774. The standard InChI is InChI=1S/C17H21NO4.C2H6/c19-16-12-14(13-22-15-8-4-3-5-9-15)18(16)11-7-2-1-6-10-17(20)21;1-2/h2-5,7-9,14H,1,6,10-13H2,(H,20,21);1-2H3/t14-;/m1./s1. The van der Waals surface area contributed by atoms with Crippen molar-refractivity contribution in [3.63, 3.8) is 0 Å². The molecule has 1 heterocycles. The number of rotatable bonds is 9. The van der Waals surface area contributed by atoms with Crippen LogP contribution < -0.4 is 4.74 Å². The number of likely N-dealkylation sites (tertiary alicyclic amines) is 1. The molecular weight excluding hydrogens is 306 g/mol. The van der Waals surface area contributed by atoms with Gasteiger partial charge < -0.3 is 14.7 Å². The molecule has 0 aromatic heterocycles. The maximum absolute atomic E-state index is 11.6. The molecule has 1 atom stereocenters. The van der Waals surface area contributed by atoms with Gasteiger partial charge >= 0.3 is 5.97 Å². The number of carboxylic acid groups (broad SMARTS) is 1. The molecule has 0 radical (unpaired) electrons. The van der Waals surface area contributed by atoms with Gasteiger partial charge in [0, 0.05) is 13.0 Å². The van der Waals surface area contributed by atoms with Gasteiger partial charge in [-0.1, -0.05) is 44.2 Å². The normalized spacial score (nSPS) is 16.3. The lowest BCUT2D eigenvalue weighted by Gasteiger charge is -2.39. The molecule has 24 heavy (non-hydrogen) atoms. The van der Waals surface area contributed by atoms with E-state index in [0.29, 0.717) is 26.0 Å². The smallest absolute Gasteiger partial charge is 0.303 e. The molecule has 1 N–H and O–H groups in total. The van der Waals surface area contributed by atoms with E-state index < -0.39 is 5.97 Å². The Hall–Kier alpha value is -2.30. The monoisotopic (exact) mass is 333 g/mol. The van der Waals surface area contributed by atoms with E-state index in [1.807, 2.05) is 56.3 Å². The van der Waals surface area contributed by atoms with E-state index in [1.54, 1.807) is 4.90 Å². The van der Waals surface area contributed by atoms with Gasteiger partial charge in [-0.05, 0) is 25.0 Å². The maximum atomic E-state index is 11.6. The van der Waals surface area contributed by atoms with Gasteiger partial charge in [-0.3, -0.25) is 9.59 Å². The Morgan fingerprint density at radius 1 is 1.29 bits per heavy atom. The second kappa shape index (κ2) is 11.3. The van der Waals surface area contributed by atoms with Crippen LogP contribution in [0, 0.1) is 0 Å². The van der Waals surface area contributed by atoms with Crippen molar-refractivity contribution in [1.29, 1.82) is 0 Å². The third-order valence-electron chi connectivity index (χ3n) is 3.59. The number of hydrogen-bond acceptors (Lipinski definition) is 3. The van der Waals surface area contributed by atoms with Crippen LogP contribution in [0.3, 0.4) is 0 Å². The van der Waals surface area contributed by atoms with Crippen molar-refractivity contribution in [2.75, 3.05) is 13.2 Å². The number of nitrogens with zero attached hydrogens (tertiary/aromatic N) is 1. The number of amides is 1. The minimum Gasteiger partial charge on any atom is -0.491 e. The Balaban J connectivity index is 0.00000139. The number of β-lactam (4-membered cyclic amide) rings is 1. The molecule has 0 bridgehead atoms. The number of benzene rings is 1. The Morgan fingerprint density at radius 3 is 2.62 bits per heavy atom. The van der Waals surface area contributed by atoms with Crippen LogP contribution >= 0.6 is 0 Å². The molecule has 1 aliphatic heterocycles. The van der Waals surface area contributed by atoms with E-state index in [1.165, 1.54) is 0 Å². The van der Waals surface area contributed by atoms with Gasteiger partial charge in [0.15, 0.2) is 0 Å². The number of allylic oxidation sites excluding steroid dienone is 1. The number of para-hydroxylation sites is 1. The number of ether oxygens (including phenoxy) is 1. The number of carbonyl (C=O) groups excluding carboxylic acids is 1. The minimum absolute atomic E-state index is 0.122. The van der Waals surface area contributed by atoms with Crippen LogP contribution in [0.1, 0.15) is 39.5 Å². The molecule has 1 aromatic rings. The summed E-state index contributed by atoms with van der Waals surface area (Å²) in [5.41, 5.74) is 0. The van der Waals surface area contributed by atoms with Crippen LogP contribution in [0.2, 0.25) is 0 Å². The first-order valence-electron chi connectivity index (χ1n) is 8.51. The topological polar surface area (TPSA) is 66.8 Å². The highest BCUT2D eigenvalue weighted by molar-refractivity contribution is 5.83. The largest absolute Gasteiger partial charge is 0.491 e. The number of carbonyl (C=O) groups is 2. The molecule has 0 saturated carbocycles. The molecule has 0 unspecified atom stereocenters. The van der Waals surface area contributed by atoms with E-state index in [2.05, 4.69) is 0 Å². The van der Waals surface area contributed by atoms with E-state index in [9.17, 15) is 9.59 Å². The molecule has 1 amide bonds. The van der Waals surface area contributed by atoms with E-state index in [4.69, 9.17) is 9.84 Å². The number of hydrogen-bond donors (Lipinski definition) is 1. The summed E-state index contributed by atoms with van der Waals surface area (Å²) in [7, 11) is 0. The second-order valence-electron chi connectivity index (χ2n) is 5.29. The fourth-order valence-corrected chi connectivity index (χ4v) is 2.31. The lowest BCUT2D eigenvalue weighted by atomic mass is 10.0. The first-order chi connectivity index (χ1) is 11.7. The third kappa shape index (κ3) is 6.86. The predicted octanol–water partition coefficient (Wildman–Crippen LogP) is 3.50. The highest BCUT2D eigenvalue weighted by Gasteiger charge is 2.35. The number of carboxylic acids is 1. The van der Waals surface area contributed by atoms with E-state index in [0.717, 1.165) is 12.2 Å². The highest BCUT2D eigenvalue weighted by Crippen LogP contribution is 2.20. The quantitative estimate of drug-likeness (QED) is 0.427. The summed E-state index contributed by atoms with van der Waals surface area (Å²) in [6.45, 7) is 5.07. The Morgan fingerprint density at radius 2 is 2.00 bits per heavy atom. The summed E-state index contributed by atoms with van der Waals surface area (Å²) in [6, 6.07) is 9.68. The van der Waals surface area contributed by atoms with Crippen molar-refractivity contribution in [2.24, 2.45) is 0 Å². The molecule has 0 aliphatic carbocycles. The molecule has 5 nitrogen and oxygen atoms in total. The molecule has 5 heteroatoms. The zero-order valence-electron chi connectivity index (χ0n) is 14.5. The van der Waals surface area contributed by atoms with Crippen molar-refractivity contribution < 1.29 is 19.4 Å². The van der Waals surface area contributed by atoms with Gasteiger partial charge in [-0.15, -0.1) is 0 Å². The van der Waals surface area contributed by atoms with Crippen molar-refractivity contribution >= 4 is 11.9 Å². The zero-order valence-corrected chi connectivity index (χ0v) is 14.5. The van der Waals surface area contributed by atoms with Crippen LogP contribution in [-0.4, -0.2) is 41.1 Å². The molecule has 2 rings (SSSR count). The van der Waals surface area contributed by atoms with Crippen molar-refractivity contribution in [3.05, 3.63) is 42.5 Å². The summed E-state index contributed by atoms with van der Waals surface area (Å²) < 4.78 is 5.68. The average Bonchev–Trinajstić information content (AvgIpc) is 2.60. The van der Waals surface area contributed by atoms with Crippen molar-refractivity contribution in [3.8, 4) is 5.75 Å². The SMILES string of the molecule is CC.O=C(O)CCCC=CCN1C(=O)C[C@@H]1COc1ccccc1. The van der Waals surface area contributed by atoms with Crippen molar-refractivity contribution in [1.82, 2.24) is 4.90 Å². The molecule has 1 fully saturated rings. The Labute approximate surface area is 143 Å². The summed E-state index contributed by atoms with van der Waals surface area (Å²) in [4.78, 5) is 23.8. The van der Waals surface area contributed by atoms with Crippen LogP contribution in [0.5, 0.6) is 5.75 Å². The maximum Gasteiger partial charge on any atom is 0.303 e. The van der Waals surface area contributed by atoms with Crippen molar-refractivity contribution in [2.45, 2.75) is 45.6 Å². The summed E-state index contributed by atoms with van der Waals surface area (Å²) in [5, 5.41) is 8.54. The fourth-order valence-electron chi connectivity index (χ4n) is 2.31. The summed E-state index contributed by atoms with van der Waals surface area (Å²) in [6.07, 6.45) is 5.91. The van der Waals surface area contributed by atoms with Crippen LogP contribution in [-0.2, 0) is 9.59 Å². The van der Waals surface area contributed by atoms with Gasteiger partial charge in [0.2, 0.25) is 5.91 Å². The third-order valence-corrected chi connectivity index (χ3v) is 3.59. The number of aliphatic carboxylic acids is 1. The van der Waals surface area contributed by atoms with Gasteiger partial charge in [0.1, 0.15) is 12.4 Å². The van der Waals surface area contributed by atoms with Gasteiger partial charge in [0.25, 0.3) is 0 Å². The first-order valence-corrected chi connectivity index (χ1v) is 8.51. The molecule has 0 spiro atoms.